The van der Waals surface area contributed by atoms with Gasteiger partial charge < -0.3 is 30.2 Å². The van der Waals surface area contributed by atoms with E-state index in [1.807, 2.05) is 62.4 Å². The van der Waals surface area contributed by atoms with Gasteiger partial charge in [0.15, 0.2) is 0 Å². The van der Waals surface area contributed by atoms with E-state index in [-0.39, 0.29) is 37.3 Å². The molecule has 39 heavy (non-hydrogen) atoms. The van der Waals surface area contributed by atoms with E-state index in [0.717, 1.165) is 20.2 Å². The summed E-state index contributed by atoms with van der Waals surface area (Å²) in [5.41, 5.74) is 2.44. The molecule has 1 aliphatic rings. The molecule has 0 spiro atoms. The topological polar surface area (TPSA) is 115 Å². The van der Waals surface area contributed by atoms with Crippen LogP contribution in [0.15, 0.2) is 66.2 Å². The number of ether oxygens (including phenoxy) is 1. The van der Waals surface area contributed by atoms with Crippen LogP contribution in [0.2, 0.25) is 0 Å². The number of para-hydroxylation sites is 2. The number of hydrogen-bond acceptors (Lipinski definition) is 5. The van der Waals surface area contributed by atoms with Crippen LogP contribution in [0.4, 0.5) is 0 Å². The van der Waals surface area contributed by atoms with Crippen LogP contribution < -0.4 is 10.1 Å². The average molecular weight is 646 g/mol. The summed E-state index contributed by atoms with van der Waals surface area (Å²) in [4.78, 5) is 31.7. The maximum atomic E-state index is 13.6. The van der Waals surface area contributed by atoms with E-state index in [0.29, 0.717) is 30.7 Å². The van der Waals surface area contributed by atoms with Crippen molar-refractivity contribution in [2.75, 3.05) is 19.7 Å². The van der Waals surface area contributed by atoms with Crippen molar-refractivity contribution in [3.63, 3.8) is 0 Å². The number of nitrogens with zero attached hydrogens (tertiary/aromatic N) is 1. The quantitative estimate of drug-likeness (QED) is 0.237. The number of carbonyl (C=O) groups excluding carboxylic acids is 2. The number of aliphatic hydroxyl groups is 2. The summed E-state index contributed by atoms with van der Waals surface area (Å²) < 4.78 is 7.09. The maximum absolute atomic E-state index is 13.6. The van der Waals surface area contributed by atoms with E-state index < -0.39 is 18.2 Å². The predicted octanol–water partition coefficient (Wildman–Crippen LogP) is 3.81. The zero-order chi connectivity index (χ0) is 27.9. The molecule has 208 valence electrons. The van der Waals surface area contributed by atoms with Gasteiger partial charge in [0, 0.05) is 49.1 Å². The van der Waals surface area contributed by atoms with Gasteiger partial charge in [-0.15, -0.1) is 0 Å². The molecule has 1 aromatic heterocycles. The average Bonchev–Trinajstić information content (AvgIpc) is 3.33. The lowest BCUT2D eigenvalue weighted by atomic mass is 9.87. The van der Waals surface area contributed by atoms with Crippen LogP contribution in [0.3, 0.4) is 0 Å². The summed E-state index contributed by atoms with van der Waals surface area (Å²) in [5, 5.41) is 24.6. The lowest BCUT2D eigenvalue weighted by Crippen LogP contribution is -2.55. The number of amides is 2. The first-order valence-corrected chi connectivity index (χ1v) is 14.4. The zero-order valence-corrected chi connectivity index (χ0v) is 24.4. The van der Waals surface area contributed by atoms with Gasteiger partial charge in [0.1, 0.15) is 18.0 Å². The highest BCUT2D eigenvalue weighted by Crippen LogP contribution is 2.30. The van der Waals surface area contributed by atoms with Crippen LogP contribution in [-0.4, -0.2) is 69.9 Å². The van der Waals surface area contributed by atoms with Crippen molar-refractivity contribution in [3.05, 3.63) is 75.5 Å². The molecule has 0 fully saturated rings. The number of hydrogen-bond donors (Lipinski definition) is 4. The van der Waals surface area contributed by atoms with Gasteiger partial charge in [-0.05, 0) is 64.2 Å². The maximum Gasteiger partial charge on any atom is 0.247 e. The van der Waals surface area contributed by atoms with E-state index >= 15 is 0 Å². The molecule has 0 aliphatic heterocycles. The standard InChI is InChI=1S/C30H36IN3O5/c1-19(2)15-28(36)34(13-11-22-16-20-7-3-5-9-24(20)33-22)25-17-21(30(38)32-12-14-35)18-27(29(25)37)39-26-10-6-4-8-23(26)31/h3-10,16,18-19,25,27,29,33,35,37H,11-15,17H2,1-2H3,(H,32,38). The first-order valence-electron chi connectivity index (χ1n) is 13.3. The van der Waals surface area contributed by atoms with Gasteiger partial charge in [0.05, 0.1) is 16.2 Å². The molecule has 9 heteroatoms. The summed E-state index contributed by atoms with van der Waals surface area (Å²) >= 11 is 2.17. The molecule has 8 nitrogen and oxygen atoms in total. The van der Waals surface area contributed by atoms with Crippen LogP contribution in [0.5, 0.6) is 5.75 Å². The van der Waals surface area contributed by atoms with Crippen molar-refractivity contribution in [2.24, 2.45) is 5.92 Å². The fraction of sp³-hybridized carbons (Fsp3) is 0.400. The smallest absolute Gasteiger partial charge is 0.247 e. The van der Waals surface area contributed by atoms with E-state index in [2.05, 4.69) is 39.0 Å². The fourth-order valence-corrected chi connectivity index (χ4v) is 5.43. The van der Waals surface area contributed by atoms with Gasteiger partial charge in [-0.3, -0.25) is 9.59 Å². The van der Waals surface area contributed by atoms with Crippen molar-refractivity contribution < 1.29 is 24.5 Å². The normalized spacial score (nSPS) is 19.1. The minimum atomic E-state index is -1.05. The molecule has 0 bridgehead atoms. The number of aromatic amines is 1. The second kappa shape index (κ2) is 13.5. The molecule has 1 heterocycles. The highest BCUT2D eigenvalue weighted by molar-refractivity contribution is 14.1. The summed E-state index contributed by atoms with van der Waals surface area (Å²) in [6.07, 6.45) is 0.833. The number of nitrogens with one attached hydrogen (secondary N) is 2. The van der Waals surface area contributed by atoms with E-state index in [1.54, 1.807) is 11.0 Å². The summed E-state index contributed by atoms with van der Waals surface area (Å²) in [5.74, 6) is 0.307. The molecule has 1 aliphatic carbocycles. The van der Waals surface area contributed by atoms with Gasteiger partial charge in [-0.2, -0.15) is 0 Å². The third kappa shape index (κ3) is 7.40. The lowest BCUT2D eigenvalue weighted by Gasteiger charge is -2.41. The van der Waals surface area contributed by atoms with Crippen LogP contribution in [0, 0.1) is 9.49 Å². The Morgan fingerprint density at radius 3 is 2.64 bits per heavy atom. The number of carbonyl (C=O) groups is 2. The zero-order valence-electron chi connectivity index (χ0n) is 22.3. The Balaban J connectivity index is 1.63. The first kappa shape index (κ1) is 29.1. The summed E-state index contributed by atoms with van der Waals surface area (Å²) in [6.45, 7) is 4.28. The van der Waals surface area contributed by atoms with Crippen molar-refractivity contribution in [1.29, 1.82) is 0 Å². The Morgan fingerprint density at radius 2 is 1.92 bits per heavy atom. The van der Waals surface area contributed by atoms with E-state index in [4.69, 9.17) is 4.74 Å². The second-order valence-electron chi connectivity index (χ2n) is 10.3. The molecule has 4 N–H and O–H groups in total. The number of benzene rings is 2. The van der Waals surface area contributed by atoms with E-state index in [9.17, 15) is 19.8 Å². The Kier molecular flexibility index (Phi) is 10.0. The van der Waals surface area contributed by atoms with Crippen LogP contribution in [0.25, 0.3) is 10.9 Å². The summed E-state index contributed by atoms with van der Waals surface area (Å²) in [6, 6.07) is 16.9. The molecule has 4 rings (SSSR count). The van der Waals surface area contributed by atoms with Crippen molar-refractivity contribution >= 4 is 45.3 Å². The van der Waals surface area contributed by atoms with Crippen molar-refractivity contribution in [1.82, 2.24) is 15.2 Å². The lowest BCUT2D eigenvalue weighted by molar-refractivity contribution is -0.139. The van der Waals surface area contributed by atoms with Gasteiger partial charge in [0.25, 0.3) is 0 Å². The SMILES string of the molecule is CC(C)CC(=O)N(CCc1cc2ccccc2[nH]1)C1CC(C(=O)NCCO)=CC(Oc2ccccc2I)C1O. The third-order valence-electron chi connectivity index (χ3n) is 6.83. The molecule has 3 aromatic rings. The molecular weight excluding hydrogens is 609 g/mol. The minimum absolute atomic E-state index is 0.0739. The minimum Gasteiger partial charge on any atom is -0.482 e. The third-order valence-corrected chi connectivity index (χ3v) is 7.72. The Hall–Kier alpha value is -2.89. The first-order chi connectivity index (χ1) is 18.8. The molecule has 3 atom stereocenters. The number of rotatable bonds is 11. The molecule has 2 amide bonds. The van der Waals surface area contributed by atoms with E-state index in [1.165, 1.54) is 0 Å². The second-order valence-corrected chi connectivity index (χ2v) is 11.4. The Labute approximate surface area is 242 Å². The number of H-pyrrole nitrogens is 1. The predicted molar refractivity (Wildman–Crippen MR) is 159 cm³/mol. The van der Waals surface area contributed by atoms with Gasteiger partial charge in [-0.1, -0.05) is 44.2 Å². The fourth-order valence-electron chi connectivity index (χ4n) is 4.92. The monoisotopic (exact) mass is 645 g/mol. The highest BCUT2D eigenvalue weighted by atomic mass is 127. The highest BCUT2D eigenvalue weighted by Gasteiger charge is 2.40. The number of fused-ring (bicyclic) bond motifs is 1. The van der Waals surface area contributed by atoms with Gasteiger partial charge in [0.2, 0.25) is 11.8 Å². The molecular formula is C30H36IN3O5. The van der Waals surface area contributed by atoms with Crippen molar-refractivity contribution in [2.45, 2.75) is 51.4 Å². The molecule has 0 saturated carbocycles. The summed E-state index contributed by atoms with van der Waals surface area (Å²) in [7, 11) is 0. The largest absolute Gasteiger partial charge is 0.482 e. The van der Waals surface area contributed by atoms with Crippen LogP contribution in [-0.2, 0) is 16.0 Å². The molecule has 0 saturated heterocycles. The molecule has 3 unspecified atom stereocenters. The number of aromatic nitrogens is 1. The van der Waals surface area contributed by atoms with Crippen LogP contribution in [0.1, 0.15) is 32.4 Å². The molecule has 2 aromatic carbocycles. The Bertz CT molecular complexity index is 1290. The van der Waals surface area contributed by atoms with Gasteiger partial charge in [-0.25, -0.2) is 0 Å². The van der Waals surface area contributed by atoms with Crippen LogP contribution >= 0.6 is 22.6 Å². The number of halogens is 1. The molecule has 0 radical (unpaired) electrons. The number of aliphatic hydroxyl groups excluding tert-OH is 2. The van der Waals surface area contributed by atoms with Crippen molar-refractivity contribution in [3.8, 4) is 5.75 Å². The van der Waals surface area contributed by atoms with Gasteiger partial charge >= 0.3 is 0 Å². The Morgan fingerprint density at radius 1 is 1.18 bits per heavy atom.